The van der Waals surface area contributed by atoms with Crippen molar-refractivity contribution in [3.05, 3.63) is 58.8 Å². The maximum absolute atomic E-state index is 12.0. The fourth-order valence-electron chi connectivity index (χ4n) is 4.64. The number of para-hydroxylation sites is 2. The lowest BCUT2D eigenvalue weighted by atomic mass is 10.2. The molecule has 1 aliphatic rings. The Morgan fingerprint density at radius 2 is 2.00 bits per heavy atom. The first-order chi connectivity index (χ1) is 17.4. The quantitative estimate of drug-likeness (QED) is 0.306. The van der Waals surface area contributed by atoms with Crippen LogP contribution in [0.3, 0.4) is 0 Å². The van der Waals surface area contributed by atoms with E-state index in [-0.39, 0.29) is 16.6 Å². The highest BCUT2D eigenvalue weighted by Gasteiger charge is 2.30. The van der Waals surface area contributed by atoms with Gasteiger partial charge in [0.2, 0.25) is 5.95 Å². The normalized spacial score (nSPS) is 15.6. The van der Waals surface area contributed by atoms with Crippen molar-refractivity contribution in [3.8, 4) is 17.3 Å². The molecule has 0 amide bonds. The zero-order valence-corrected chi connectivity index (χ0v) is 20.7. The molecule has 2 aromatic carbocycles. The van der Waals surface area contributed by atoms with E-state index in [2.05, 4.69) is 20.2 Å². The summed E-state index contributed by atoms with van der Waals surface area (Å²) in [6.07, 6.45) is 2.57. The Balaban J connectivity index is 1.49. The van der Waals surface area contributed by atoms with Crippen LogP contribution in [0.2, 0.25) is 0 Å². The van der Waals surface area contributed by atoms with E-state index in [0.717, 1.165) is 24.0 Å². The molecule has 0 aliphatic carbocycles. The van der Waals surface area contributed by atoms with Gasteiger partial charge in [-0.3, -0.25) is 10.1 Å². The van der Waals surface area contributed by atoms with Crippen molar-refractivity contribution < 1.29 is 9.66 Å². The van der Waals surface area contributed by atoms with Gasteiger partial charge >= 0.3 is 0 Å². The van der Waals surface area contributed by atoms with Gasteiger partial charge in [0.15, 0.2) is 5.82 Å². The Kier molecular flexibility index (Phi) is 6.15. The van der Waals surface area contributed by atoms with Gasteiger partial charge in [0.05, 0.1) is 28.8 Å². The molecule has 0 saturated carbocycles. The molecule has 1 N–H and O–H groups in total. The standard InChI is InChI=1S/C25H28N8O3/c1-30(2)16-10-12-32(15-16)21-14-23(36-4)19(13-22(21)33(34)35)29-25-26-11-9-18(28-25)24-27-17-7-5-6-8-20(17)31(24)3/h5-9,11,13-14,16H,10,12,15H2,1-4H3,(H,26,28,29)/t16-/m0/s1. The van der Waals surface area contributed by atoms with E-state index in [4.69, 9.17) is 9.72 Å². The Bertz CT molecular complexity index is 1430. The lowest BCUT2D eigenvalue weighted by Gasteiger charge is -2.22. The van der Waals surface area contributed by atoms with Gasteiger partial charge in [-0.25, -0.2) is 15.0 Å². The van der Waals surface area contributed by atoms with Crippen molar-refractivity contribution in [2.45, 2.75) is 12.5 Å². The molecule has 11 heteroatoms. The zero-order chi connectivity index (χ0) is 25.4. The summed E-state index contributed by atoms with van der Waals surface area (Å²) in [6, 6.07) is 13.2. The smallest absolute Gasteiger partial charge is 0.294 e. The summed E-state index contributed by atoms with van der Waals surface area (Å²) in [5.41, 5.74) is 3.45. The number of benzene rings is 2. The van der Waals surface area contributed by atoms with Gasteiger partial charge in [0.25, 0.3) is 5.69 Å². The minimum absolute atomic E-state index is 0.00390. The number of nitro benzene ring substituents is 1. The van der Waals surface area contributed by atoms with Crippen LogP contribution in [-0.4, -0.2) is 69.7 Å². The second-order valence-electron chi connectivity index (χ2n) is 9.02. The van der Waals surface area contributed by atoms with Gasteiger partial charge in [0, 0.05) is 44.5 Å². The van der Waals surface area contributed by atoms with Crippen LogP contribution >= 0.6 is 0 Å². The summed E-state index contributed by atoms with van der Waals surface area (Å²) < 4.78 is 7.58. The Morgan fingerprint density at radius 1 is 1.19 bits per heavy atom. The lowest BCUT2D eigenvalue weighted by molar-refractivity contribution is -0.384. The maximum Gasteiger partial charge on any atom is 0.294 e. The number of nitrogens with zero attached hydrogens (tertiary/aromatic N) is 7. The van der Waals surface area contributed by atoms with Crippen molar-refractivity contribution in [1.29, 1.82) is 0 Å². The van der Waals surface area contributed by atoms with Crippen molar-refractivity contribution in [2.24, 2.45) is 7.05 Å². The number of rotatable bonds is 7. The van der Waals surface area contributed by atoms with Crippen LogP contribution in [0.5, 0.6) is 5.75 Å². The van der Waals surface area contributed by atoms with E-state index in [1.165, 1.54) is 6.07 Å². The molecule has 1 saturated heterocycles. The lowest BCUT2D eigenvalue weighted by Crippen LogP contribution is -2.31. The van der Waals surface area contributed by atoms with Gasteiger partial charge in [-0.2, -0.15) is 0 Å². The van der Waals surface area contributed by atoms with E-state index in [1.807, 2.05) is 54.9 Å². The first-order valence-corrected chi connectivity index (χ1v) is 11.7. The van der Waals surface area contributed by atoms with Crippen molar-refractivity contribution in [1.82, 2.24) is 24.4 Å². The average Bonchev–Trinajstić information content (AvgIpc) is 3.50. The van der Waals surface area contributed by atoms with Crippen molar-refractivity contribution in [3.63, 3.8) is 0 Å². The fraction of sp³-hybridized carbons (Fsp3) is 0.320. The van der Waals surface area contributed by atoms with Gasteiger partial charge in [-0.15, -0.1) is 0 Å². The van der Waals surface area contributed by atoms with E-state index in [1.54, 1.807) is 25.4 Å². The highest BCUT2D eigenvalue weighted by atomic mass is 16.6. The average molecular weight is 489 g/mol. The Labute approximate surface area is 208 Å². The van der Waals surface area contributed by atoms with Crippen LogP contribution in [0, 0.1) is 10.1 Å². The zero-order valence-electron chi connectivity index (χ0n) is 20.7. The number of nitro groups is 1. The summed E-state index contributed by atoms with van der Waals surface area (Å²) in [6.45, 7) is 1.45. The number of fused-ring (bicyclic) bond motifs is 1. The van der Waals surface area contributed by atoms with Gasteiger partial charge < -0.3 is 24.4 Å². The maximum atomic E-state index is 12.0. The molecule has 5 rings (SSSR count). The summed E-state index contributed by atoms with van der Waals surface area (Å²) in [7, 11) is 7.53. The number of likely N-dealkylation sites (N-methyl/N-ethyl adjacent to an activating group) is 1. The topological polar surface area (TPSA) is 114 Å². The second kappa shape index (κ2) is 9.42. The number of imidazole rings is 1. The van der Waals surface area contributed by atoms with Crippen LogP contribution in [0.15, 0.2) is 48.7 Å². The number of aryl methyl sites for hydroxylation is 1. The first-order valence-electron chi connectivity index (χ1n) is 11.7. The molecule has 2 aromatic heterocycles. The van der Waals surface area contributed by atoms with E-state index in [9.17, 15) is 10.1 Å². The molecular weight excluding hydrogens is 460 g/mol. The highest BCUT2D eigenvalue weighted by molar-refractivity contribution is 5.80. The molecule has 186 valence electrons. The van der Waals surface area contributed by atoms with Gasteiger partial charge in [-0.1, -0.05) is 12.1 Å². The third-order valence-electron chi connectivity index (χ3n) is 6.65. The molecule has 0 radical (unpaired) electrons. The minimum atomic E-state index is -0.361. The molecule has 0 spiro atoms. The molecule has 11 nitrogen and oxygen atoms in total. The fourth-order valence-corrected chi connectivity index (χ4v) is 4.64. The monoisotopic (exact) mass is 488 g/mol. The van der Waals surface area contributed by atoms with Crippen LogP contribution < -0.4 is 15.0 Å². The number of nitrogens with one attached hydrogen (secondary N) is 1. The number of ether oxygens (including phenoxy) is 1. The van der Waals surface area contributed by atoms with E-state index >= 15 is 0 Å². The number of hydrogen-bond donors (Lipinski definition) is 1. The molecule has 36 heavy (non-hydrogen) atoms. The largest absolute Gasteiger partial charge is 0.494 e. The number of hydrogen-bond acceptors (Lipinski definition) is 9. The summed E-state index contributed by atoms with van der Waals surface area (Å²) in [4.78, 5) is 29.5. The van der Waals surface area contributed by atoms with Crippen LogP contribution in [0.1, 0.15) is 6.42 Å². The predicted molar refractivity (Wildman–Crippen MR) is 139 cm³/mol. The van der Waals surface area contributed by atoms with Crippen LogP contribution in [0.4, 0.5) is 23.0 Å². The Hall–Kier alpha value is -4.25. The van der Waals surface area contributed by atoms with Crippen molar-refractivity contribution >= 4 is 34.0 Å². The second-order valence-corrected chi connectivity index (χ2v) is 9.02. The molecular formula is C25H28N8O3. The Morgan fingerprint density at radius 3 is 2.69 bits per heavy atom. The molecule has 4 aromatic rings. The van der Waals surface area contributed by atoms with E-state index in [0.29, 0.717) is 41.2 Å². The van der Waals surface area contributed by atoms with Gasteiger partial charge in [0.1, 0.15) is 17.1 Å². The number of anilines is 3. The van der Waals surface area contributed by atoms with Crippen LogP contribution in [-0.2, 0) is 7.05 Å². The number of aromatic nitrogens is 4. The molecule has 1 fully saturated rings. The van der Waals surface area contributed by atoms with Crippen molar-refractivity contribution in [2.75, 3.05) is 44.5 Å². The third kappa shape index (κ3) is 4.29. The molecule has 1 atom stereocenters. The van der Waals surface area contributed by atoms with E-state index < -0.39 is 0 Å². The third-order valence-corrected chi connectivity index (χ3v) is 6.65. The molecule has 0 bridgehead atoms. The summed E-state index contributed by atoms with van der Waals surface area (Å²) in [5.74, 6) is 1.45. The summed E-state index contributed by atoms with van der Waals surface area (Å²) >= 11 is 0. The van der Waals surface area contributed by atoms with Gasteiger partial charge in [-0.05, 0) is 38.7 Å². The molecule has 0 unspecified atom stereocenters. The predicted octanol–water partition coefficient (Wildman–Crippen LogP) is 3.83. The highest BCUT2D eigenvalue weighted by Crippen LogP contribution is 2.40. The van der Waals surface area contributed by atoms with Crippen LogP contribution in [0.25, 0.3) is 22.6 Å². The number of methoxy groups -OCH3 is 1. The summed E-state index contributed by atoms with van der Waals surface area (Å²) in [5, 5.41) is 15.1. The first kappa shape index (κ1) is 23.5. The minimum Gasteiger partial charge on any atom is -0.494 e. The molecule has 3 heterocycles. The molecule has 1 aliphatic heterocycles. The SMILES string of the molecule is COc1cc(N2CC[C@H](N(C)C)C2)c([N+](=O)[O-])cc1Nc1nccc(-c2nc3ccccc3n2C)n1.